The van der Waals surface area contributed by atoms with Gasteiger partial charge in [0, 0.05) is 11.5 Å². The molecular weight excluding hydrogens is 828 g/mol. The molecule has 4 rings (SSSR count). The summed E-state index contributed by atoms with van der Waals surface area (Å²) in [5.41, 5.74) is 2.25. The van der Waals surface area contributed by atoms with Gasteiger partial charge in [0.25, 0.3) is 0 Å². The number of aliphatic hydroxyl groups is 1. The number of hydrogen-bond donors (Lipinski definition) is 2. The quantitative estimate of drug-likeness (QED) is 0.345. The number of Topliss-reactive ketones (excluding diaryl/α,β-unsaturated/α-hetero) is 1. The minimum atomic E-state index is -1.02. The number of rotatable bonds is 2. The Hall–Kier alpha value is -0.420. The van der Waals surface area contributed by atoms with E-state index in [-0.39, 0.29) is 23.0 Å². The summed E-state index contributed by atoms with van der Waals surface area (Å²) >= 11 is 8.10. The first-order chi connectivity index (χ1) is 13.7. The molecule has 0 radical (unpaired) electrons. The molecule has 0 spiro atoms. The van der Waals surface area contributed by atoms with Gasteiger partial charge in [-0.05, 0) is 114 Å². The predicted octanol–water partition coefficient (Wildman–Crippen LogP) is 6.24. The summed E-state index contributed by atoms with van der Waals surface area (Å²) in [6, 6.07) is 6.84. The third-order valence-electron chi connectivity index (χ3n) is 4.80. The van der Waals surface area contributed by atoms with Crippen LogP contribution in [0.3, 0.4) is 0 Å². The summed E-state index contributed by atoms with van der Waals surface area (Å²) in [6.45, 7) is 0. The summed E-state index contributed by atoms with van der Waals surface area (Å²) in [6.07, 6.45) is 3.12. The molecule has 0 amide bonds. The SMILES string of the molecule is O=C1C(I)=CC2=C(c3ccccc3C(=O)O)C3C=C(I)C(O)=C(I)C3OC2=C1I. The van der Waals surface area contributed by atoms with Gasteiger partial charge in [-0.15, -0.1) is 0 Å². The normalized spacial score (nSPS) is 23.9. The maximum atomic E-state index is 12.5. The first kappa shape index (κ1) is 21.8. The Labute approximate surface area is 220 Å². The molecule has 1 aliphatic heterocycles. The van der Waals surface area contributed by atoms with Crippen LogP contribution in [0.15, 0.2) is 67.8 Å². The fourth-order valence-corrected chi connectivity index (χ4v) is 7.33. The summed E-state index contributed by atoms with van der Waals surface area (Å²) in [5, 5.41) is 20.2. The smallest absolute Gasteiger partial charge is 0.336 e. The number of carboxylic acids is 1. The number of fused-ring (bicyclic) bond motifs is 2. The lowest BCUT2D eigenvalue weighted by atomic mass is 9.77. The van der Waals surface area contributed by atoms with Gasteiger partial charge in [0.15, 0.2) is 0 Å². The monoisotopic (exact) mass is 838 g/mol. The summed E-state index contributed by atoms with van der Waals surface area (Å²) in [4.78, 5) is 24.5. The summed E-state index contributed by atoms with van der Waals surface area (Å²) < 4.78 is 8.52. The fourth-order valence-electron chi connectivity index (χ4n) is 3.53. The highest BCUT2D eigenvalue weighted by Gasteiger charge is 2.43. The molecule has 3 aliphatic rings. The molecule has 148 valence electrons. The topological polar surface area (TPSA) is 83.8 Å². The average Bonchev–Trinajstić information content (AvgIpc) is 2.69. The maximum absolute atomic E-state index is 12.5. The number of carbonyl (C=O) groups excluding carboxylic acids is 1. The molecule has 2 aliphatic carbocycles. The van der Waals surface area contributed by atoms with E-state index in [2.05, 4.69) is 45.2 Å². The van der Waals surface area contributed by atoms with Crippen molar-refractivity contribution in [1.82, 2.24) is 0 Å². The van der Waals surface area contributed by atoms with Crippen LogP contribution >= 0.6 is 90.4 Å². The highest BCUT2D eigenvalue weighted by Crippen LogP contribution is 2.52. The minimum absolute atomic E-state index is 0.126. The Morgan fingerprint density at radius 2 is 1.76 bits per heavy atom. The van der Waals surface area contributed by atoms with Crippen molar-refractivity contribution in [2.75, 3.05) is 0 Å². The third kappa shape index (κ3) is 3.62. The molecule has 5 nitrogen and oxygen atoms in total. The van der Waals surface area contributed by atoms with E-state index in [9.17, 15) is 19.8 Å². The van der Waals surface area contributed by atoms with Gasteiger partial charge >= 0.3 is 5.97 Å². The van der Waals surface area contributed by atoms with Crippen molar-refractivity contribution in [2.45, 2.75) is 6.10 Å². The van der Waals surface area contributed by atoms with E-state index in [1.165, 1.54) is 0 Å². The zero-order valence-corrected chi connectivity index (χ0v) is 22.9. The van der Waals surface area contributed by atoms with Crippen LogP contribution in [-0.4, -0.2) is 28.1 Å². The number of carboxylic acid groups (broad SMARTS) is 1. The molecule has 0 saturated carbocycles. The standard InChI is InChI=1S/C20H10I4O5/c21-11-5-9-13(7-3-1-2-4-8(7)20(27)28)10-6-12(22)17(26)15(24)19(10)29-18(9)14(23)16(11)25/h1-6,9,18,25H,(H,27,28). The number of benzene rings is 1. The van der Waals surface area contributed by atoms with E-state index < -0.39 is 12.1 Å². The van der Waals surface area contributed by atoms with Crippen LogP contribution < -0.4 is 0 Å². The van der Waals surface area contributed by atoms with Gasteiger partial charge in [0.05, 0.1) is 16.3 Å². The Bertz CT molecular complexity index is 1140. The number of halogens is 4. The second kappa shape index (κ2) is 8.26. The lowest BCUT2D eigenvalue weighted by molar-refractivity contribution is -0.111. The van der Waals surface area contributed by atoms with Gasteiger partial charge in [-0.1, -0.05) is 24.3 Å². The van der Waals surface area contributed by atoms with Crippen molar-refractivity contribution >= 4 is 108 Å². The first-order valence-corrected chi connectivity index (χ1v) is 12.6. The molecule has 1 heterocycles. The molecule has 1 aromatic rings. The largest absolute Gasteiger partial charge is 0.506 e. The highest BCUT2D eigenvalue weighted by atomic mass is 127. The van der Waals surface area contributed by atoms with Gasteiger partial charge in [-0.25, -0.2) is 4.79 Å². The van der Waals surface area contributed by atoms with Gasteiger partial charge in [0.1, 0.15) is 21.2 Å². The zero-order valence-electron chi connectivity index (χ0n) is 14.2. The van der Waals surface area contributed by atoms with Crippen molar-refractivity contribution in [3.63, 3.8) is 0 Å². The Kier molecular flexibility index (Phi) is 6.21. The average molecular weight is 838 g/mol. The van der Waals surface area contributed by atoms with E-state index in [0.29, 0.717) is 31.2 Å². The lowest BCUT2D eigenvalue weighted by Crippen LogP contribution is -2.34. The number of hydrogen-bond acceptors (Lipinski definition) is 4. The second-order valence-corrected chi connectivity index (χ2v) is 11.0. The number of allylic oxidation sites excluding steroid dienone is 4. The molecule has 0 bridgehead atoms. The fraction of sp³-hybridized carbons (Fsp3) is 0.100. The minimum Gasteiger partial charge on any atom is -0.506 e. The van der Waals surface area contributed by atoms with Crippen LogP contribution in [0.5, 0.6) is 0 Å². The Morgan fingerprint density at radius 3 is 2.45 bits per heavy atom. The molecule has 0 aromatic heterocycles. The Morgan fingerprint density at radius 1 is 1.07 bits per heavy atom. The van der Waals surface area contributed by atoms with Crippen molar-refractivity contribution < 1.29 is 24.5 Å². The van der Waals surface area contributed by atoms with Crippen LogP contribution in [0.4, 0.5) is 0 Å². The molecule has 2 N–H and O–H groups in total. The molecular formula is C20H10I4O5. The Balaban J connectivity index is 2.09. The van der Waals surface area contributed by atoms with E-state index >= 15 is 0 Å². The van der Waals surface area contributed by atoms with Crippen LogP contribution in [0, 0.1) is 5.92 Å². The van der Waals surface area contributed by atoms with Crippen molar-refractivity contribution in [2.24, 2.45) is 5.92 Å². The molecule has 9 heteroatoms. The molecule has 0 fully saturated rings. The first-order valence-electron chi connectivity index (χ1n) is 8.24. The zero-order chi connectivity index (χ0) is 21.0. The number of ether oxygens (including phenoxy) is 1. The molecule has 2 atom stereocenters. The van der Waals surface area contributed by atoms with Crippen LogP contribution in [0.2, 0.25) is 0 Å². The van der Waals surface area contributed by atoms with Gasteiger partial charge in [-0.3, -0.25) is 4.79 Å². The third-order valence-corrected chi connectivity index (χ3v) is 8.58. The number of carbonyl (C=O) groups is 2. The van der Waals surface area contributed by atoms with E-state index in [0.717, 1.165) is 5.57 Å². The van der Waals surface area contributed by atoms with E-state index in [4.69, 9.17) is 4.74 Å². The number of ketones is 1. The molecule has 29 heavy (non-hydrogen) atoms. The van der Waals surface area contributed by atoms with Gasteiger partial charge in [0.2, 0.25) is 5.78 Å². The molecule has 2 unspecified atom stereocenters. The summed E-state index contributed by atoms with van der Waals surface area (Å²) in [5.74, 6) is -0.880. The van der Waals surface area contributed by atoms with Crippen molar-refractivity contribution in [3.05, 3.63) is 79.0 Å². The molecule has 1 aromatic carbocycles. The van der Waals surface area contributed by atoms with Crippen LogP contribution in [-0.2, 0) is 9.53 Å². The highest BCUT2D eigenvalue weighted by molar-refractivity contribution is 14.1. The predicted molar refractivity (Wildman–Crippen MR) is 143 cm³/mol. The van der Waals surface area contributed by atoms with Crippen LogP contribution in [0.1, 0.15) is 15.9 Å². The van der Waals surface area contributed by atoms with E-state index in [1.54, 1.807) is 30.3 Å². The molecule has 0 saturated heterocycles. The number of aromatic carboxylic acids is 1. The lowest BCUT2D eigenvalue weighted by Gasteiger charge is -2.39. The van der Waals surface area contributed by atoms with Gasteiger partial charge in [-0.2, -0.15) is 0 Å². The summed E-state index contributed by atoms with van der Waals surface area (Å²) in [7, 11) is 0. The second-order valence-electron chi connectivity index (χ2n) is 6.42. The van der Waals surface area contributed by atoms with E-state index in [1.807, 2.05) is 51.3 Å². The van der Waals surface area contributed by atoms with Gasteiger partial charge < -0.3 is 14.9 Å². The number of aliphatic hydroxyl groups excluding tert-OH is 1. The van der Waals surface area contributed by atoms with Crippen molar-refractivity contribution in [3.8, 4) is 0 Å². The van der Waals surface area contributed by atoms with Crippen LogP contribution in [0.25, 0.3) is 5.57 Å². The van der Waals surface area contributed by atoms with Crippen molar-refractivity contribution in [1.29, 1.82) is 0 Å². The maximum Gasteiger partial charge on any atom is 0.336 e.